The van der Waals surface area contributed by atoms with Gasteiger partial charge in [-0.25, -0.2) is 0 Å². The maximum atomic E-state index is 11.6. The number of carbonyl (C=O) groups is 1. The van der Waals surface area contributed by atoms with E-state index in [0.717, 1.165) is 24.3 Å². The number of likely N-dealkylation sites (N-methyl/N-ethyl adjacent to an activating group) is 1. The van der Waals surface area contributed by atoms with Crippen LogP contribution in [0.2, 0.25) is 5.02 Å². The number of para-hydroxylation sites is 1. The molecule has 1 aliphatic rings. The van der Waals surface area contributed by atoms with Crippen LogP contribution in [0.3, 0.4) is 0 Å². The summed E-state index contributed by atoms with van der Waals surface area (Å²) < 4.78 is 5.60. The van der Waals surface area contributed by atoms with Gasteiger partial charge in [0.05, 0.1) is 12.1 Å². The Bertz CT molecular complexity index is 435. The van der Waals surface area contributed by atoms with Gasteiger partial charge in [-0.3, -0.25) is 4.79 Å². The van der Waals surface area contributed by atoms with Crippen molar-refractivity contribution in [3.63, 3.8) is 0 Å². The van der Waals surface area contributed by atoms with Gasteiger partial charge in [0.15, 0.2) is 6.54 Å². The number of ether oxygens (including phenoxy) is 1. The first-order valence-corrected chi connectivity index (χ1v) is 7.01. The molecule has 1 fully saturated rings. The third kappa shape index (κ3) is 5.09. The van der Waals surface area contributed by atoms with E-state index in [1.54, 1.807) is 6.07 Å². The van der Waals surface area contributed by atoms with E-state index in [4.69, 9.17) is 16.3 Å². The number of hydrogen-bond donors (Lipinski definition) is 2. The van der Waals surface area contributed by atoms with Crippen molar-refractivity contribution >= 4 is 17.5 Å². The summed E-state index contributed by atoms with van der Waals surface area (Å²) in [7, 11) is 1.99. The van der Waals surface area contributed by atoms with Gasteiger partial charge in [-0.15, -0.1) is 0 Å². The van der Waals surface area contributed by atoms with Gasteiger partial charge in [-0.2, -0.15) is 0 Å². The van der Waals surface area contributed by atoms with Gasteiger partial charge in [0.2, 0.25) is 0 Å². The van der Waals surface area contributed by atoms with Crippen LogP contribution in [0.5, 0.6) is 5.75 Å². The topological polar surface area (TPSA) is 42.8 Å². The average Bonchev–Trinajstić information content (AvgIpc) is 3.15. The molecule has 1 aliphatic carbocycles. The fraction of sp³-hybridized carbons (Fsp3) is 0.500. The van der Waals surface area contributed by atoms with Crippen molar-refractivity contribution in [1.82, 2.24) is 5.32 Å². The quantitative estimate of drug-likeness (QED) is 0.766. The highest BCUT2D eigenvalue weighted by molar-refractivity contribution is 6.32. The van der Waals surface area contributed by atoms with Crippen molar-refractivity contribution < 1.29 is 14.4 Å². The molecule has 1 atom stereocenters. The second-order valence-corrected chi connectivity index (χ2v) is 5.41. The van der Waals surface area contributed by atoms with E-state index in [-0.39, 0.29) is 5.91 Å². The number of benzene rings is 1. The van der Waals surface area contributed by atoms with Gasteiger partial charge in [-0.05, 0) is 25.0 Å². The van der Waals surface area contributed by atoms with Crippen LogP contribution in [-0.4, -0.2) is 38.7 Å². The van der Waals surface area contributed by atoms with Crippen LogP contribution in [0, 0.1) is 0 Å². The molecule has 1 saturated carbocycles. The minimum absolute atomic E-state index is 0.123. The van der Waals surface area contributed by atoms with Crippen molar-refractivity contribution in [3.8, 4) is 5.75 Å². The van der Waals surface area contributed by atoms with Crippen LogP contribution >= 0.6 is 11.6 Å². The van der Waals surface area contributed by atoms with Crippen molar-refractivity contribution in [2.45, 2.75) is 18.9 Å². The Kier molecular flexibility index (Phi) is 5.05. The van der Waals surface area contributed by atoms with Crippen LogP contribution in [0.4, 0.5) is 0 Å². The minimum Gasteiger partial charge on any atom is -0.486 e. The molecular weight excluding hydrogens is 264 g/mol. The number of carbonyl (C=O) groups excluding carboxylic acids is 1. The standard InChI is InChI=1S/C14H19ClN2O2/c1-17(10-14(18)16-11-6-7-11)8-9-19-13-5-3-2-4-12(13)15/h2-5,11H,6-10H2,1H3,(H,16,18)/p+1. The lowest BCUT2D eigenvalue weighted by atomic mass is 10.3. The van der Waals surface area contributed by atoms with Crippen LogP contribution in [0.25, 0.3) is 0 Å². The summed E-state index contributed by atoms with van der Waals surface area (Å²) in [6.45, 7) is 1.80. The Morgan fingerprint density at radius 1 is 1.47 bits per heavy atom. The molecule has 1 aromatic carbocycles. The summed E-state index contributed by atoms with van der Waals surface area (Å²) in [4.78, 5) is 12.7. The van der Waals surface area contributed by atoms with Crippen molar-refractivity contribution in [3.05, 3.63) is 29.3 Å². The molecule has 0 aromatic heterocycles. The van der Waals surface area contributed by atoms with E-state index in [9.17, 15) is 4.79 Å². The molecule has 2 rings (SSSR count). The van der Waals surface area contributed by atoms with E-state index in [2.05, 4.69) is 5.32 Å². The zero-order chi connectivity index (χ0) is 13.7. The van der Waals surface area contributed by atoms with Crippen molar-refractivity contribution in [2.24, 2.45) is 0 Å². The Hall–Kier alpha value is -1.26. The molecule has 19 heavy (non-hydrogen) atoms. The Balaban J connectivity index is 1.64. The first-order valence-electron chi connectivity index (χ1n) is 6.63. The second-order valence-electron chi connectivity index (χ2n) is 5.00. The Morgan fingerprint density at radius 3 is 2.89 bits per heavy atom. The molecule has 0 spiro atoms. The van der Waals surface area contributed by atoms with Crippen LogP contribution in [0.1, 0.15) is 12.8 Å². The molecule has 1 aromatic rings. The smallest absolute Gasteiger partial charge is 0.275 e. The molecule has 2 N–H and O–H groups in total. The lowest BCUT2D eigenvalue weighted by Gasteiger charge is -2.14. The summed E-state index contributed by atoms with van der Waals surface area (Å²) >= 11 is 5.99. The first kappa shape index (κ1) is 14.2. The fourth-order valence-corrected chi connectivity index (χ4v) is 1.96. The minimum atomic E-state index is 0.123. The summed E-state index contributed by atoms with van der Waals surface area (Å²) in [5, 5.41) is 3.60. The summed E-state index contributed by atoms with van der Waals surface area (Å²) in [6.07, 6.45) is 2.25. The van der Waals surface area contributed by atoms with Gasteiger partial charge < -0.3 is 15.0 Å². The van der Waals surface area contributed by atoms with Gasteiger partial charge in [0.25, 0.3) is 5.91 Å². The van der Waals surface area contributed by atoms with Crippen LogP contribution < -0.4 is 15.0 Å². The predicted octanol–water partition coefficient (Wildman–Crippen LogP) is 0.512. The van der Waals surface area contributed by atoms with Crippen LogP contribution in [0.15, 0.2) is 24.3 Å². The molecule has 1 unspecified atom stereocenters. The zero-order valence-corrected chi connectivity index (χ0v) is 11.9. The average molecular weight is 284 g/mol. The lowest BCUT2D eigenvalue weighted by molar-refractivity contribution is -0.871. The Labute approximate surface area is 118 Å². The summed E-state index contributed by atoms with van der Waals surface area (Å²) in [5.74, 6) is 0.817. The van der Waals surface area contributed by atoms with Crippen LogP contribution in [-0.2, 0) is 4.79 Å². The normalized spacial score (nSPS) is 15.9. The number of hydrogen-bond acceptors (Lipinski definition) is 2. The van der Waals surface area contributed by atoms with E-state index in [1.165, 1.54) is 0 Å². The molecule has 0 saturated heterocycles. The molecule has 0 aliphatic heterocycles. The van der Waals surface area contributed by atoms with E-state index in [0.29, 0.717) is 30.0 Å². The molecule has 0 heterocycles. The SMILES string of the molecule is C[NH+](CCOc1ccccc1Cl)CC(=O)NC1CC1. The molecule has 1 amide bonds. The summed E-state index contributed by atoms with van der Waals surface area (Å²) in [6, 6.07) is 7.84. The Morgan fingerprint density at radius 2 is 2.21 bits per heavy atom. The zero-order valence-electron chi connectivity index (χ0n) is 11.1. The molecule has 0 bridgehead atoms. The summed E-state index contributed by atoms with van der Waals surface area (Å²) in [5.41, 5.74) is 0. The largest absolute Gasteiger partial charge is 0.486 e. The molecule has 5 heteroatoms. The number of rotatable bonds is 7. The van der Waals surface area contributed by atoms with Crippen molar-refractivity contribution in [2.75, 3.05) is 26.7 Å². The van der Waals surface area contributed by atoms with Gasteiger partial charge in [0, 0.05) is 6.04 Å². The van der Waals surface area contributed by atoms with Gasteiger partial charge in [-0.1, -0.05) is 23.7 Å². The molecular formula is C14H20ClN2O2+. The number of halogens is 1. The third-order valence-electron chi connectivity index (χ3n) is 3.03. The van der Waals surface area contributed by atoms with E-state index in [1.807, 2.05) is 25.2 Å². The monoisotopic (exact) mass is 283 g/mol. The van der Waals surface area contributed by atoms with E-state index < -0.39 is 0 Å². The maximum Gasteiger partial charge on any atom is 0.275 e. The van der Waals surface area contributed by atoms with Gasteiger partial charge in [0.1, 0.15) is 18.9 Å². The maximum absolute atomic E-state index is 11.6. The lowest BCUT2D eigenvalue weighted by Crippen LogP contribution is -3.10. The number of quaternary nitrogens is 1. The highest BCUT2D eigenvalue weighted by Gasteiger charge is 2.24. The highest BCUT2D eigenvalue weighted by Crippen LogP contribution is 2.22. The molecule has 0 radical (unpaired) electrons. The van der Waals surface area contributed by atoms with E-state index >= 15 is 0 Å². The highest BCUT2D eigenvalue weighted by atomic mass is 35.5. The third-order valence-corrected chi connectivity index (χ3v) is 3.34. The fourth-order valence-electron chi connectivity index (χ4n) is 1.77. The van der Waals surface area contributed by atoms with Gasteiger partial charge >= 0.3 is 0 Å². The first-order chi connectivity index (χ1) is 9.15. The number of amides is 1. The second kappa shape index (κ2) is 6.78. The molecule has 4 nitrogen and oxygen atoms in total. The number of nitrogens with one attached hydrogen (secondary N) is 2. The molecule has 104 valence electrons. The van der Waals surface area contributed by atoms with Crippen molar-refractivity contribution in [1.29, 1.82) is 0 Å². The predicted molar refractivity (Wildman–Crippen MR) is 74.7 cm³/mol.